The van der Waals surface area contributed by atoms with E-state index in [4.69, 9.17) is 0 Å². The van der Waals surface area contributed by atoms with Gasteiger partial charge in [0, 0.05) is 33.8 Å². The zero-order chi connectivity index (χ0) is 24.8. The highest BCUT2D eigenvalue weighted by Gasteiger charge is 2.42. The van der Waals surface area contributed by atoms with Crippen LogP contribution in [0.15, 0.2) is 41.4 Å². The fourth-order valence-corrected chi connectivity index (χ4v) is 7.83. The second kappa shape index (κ2) is 9.21. The fourth-order valence-electron chi connectivity index (χ4n) is 4.22. The number of rotatable bonds is 5. The summed E-state index contributed by atoms with van der Waals surface area (Å²) in [6, 6.07) is 7.51. The summed E-state index contributed by atoms with van der Waals surface area (Å²) in [4.78, 5) is 18.1. The van der Waals surface area contributed by atoms with E-state index >= 15 is 0 Å². The van der Waals surface area contributed by atoms with Crippen molar-refractivity contribution in [3.05, 3.63) is 45.9 Å². The van der Waals surface area contributed by atoms with Crippen LogP contribution >= 0.6 is 33.9 Å². The van der Waals surface area contributed by atoms with Gasteiger partial charge < -0.3 is 10.4 Å². The van der Waals surface area contributed by atoms with E-state index < -0.39 is 33.5 Å². The monoisotopic (exact) mass is 618 g/mol. The van der Waals surface area contributed by atoms with Crippen LogP contribution in [-0.4, -0.2) is 58.5 Å². The third kappa shape index (κ3) is 4.72. The Morgan fingerprint density at radius 2 is 2.09 bits per heavy atom. The van der Waals surface area contributed by atoms with Gasteiger partial charge in [-0.1, -0.05) is 11.3 Å². The van der Waals surface area contributed by atoms with Gasteiger partial charge in [0.05, 0.1) is 11.7 Å². The number of nitrogens with one attached hydrogen (secondary N) is 1. The zero-order valence-electron chi connectivity index (χ0n) is 18.7. The molecule has 1 aliphatic rings. The minimum absolute atomic E-state index is 0.0248. The highest BCUT2D eigenvalue weighted by molar-refractivity contribution is 14.1. The van der Waals surface area contributed by atoms with Gasteiger partial charge in [-0.3, -0.25) is 4.90 Å². The topological polar surface area (TPSA) is 103 Å². The minimum atomic E-state index is -4.03. The van der Waals surface area contributed by atoms with Crippen molar-refractivity contribution in [2.75, 3.05) is 18.4 Å². The molecule has 4 rings (SSSR count). The molecule has 0 spiro atoms. The lowest BCUT2D eigenvalue weighted by molar-refractivity contribution is 0.0742. The number of carbonyl (C=O) groups is 1. The van der Waals surface area contributed by atoms with Crippen LogP contribution in [0.1, 0.15) is 27.2 Å². The lowest BCUT2D eigenvalue weighted by Gasteiger charge is -2.37. The van der Waals surface area contributed by atoms with Crippen LogP contribution in [0.4, 0.5) is 19.9 Å². The van der Waals surface area contributed by atoms with E-state index in [1.54, 1.807) is 51.2 Å². The fraction of sp³-hybridized carbons (Fsp3) is 0.364. The molecule has 2 N–H and O–H groups in total. The lowest BCUT2D eigenvalue weighted by atomic mass is 10.0. The standard InChI is InChI=1S/C22H24FIN4O4S2/c1-22(2,3)28(21(29)30)14-8-10-27(12-14)34(31,32)18-15-5-4-9-25-19(15)33-20(18)26-17-7-6-13(24)11-16(17)23/h4-7,9,11,14,26H,8,10,12H2,1-3H3,(H,29,30)/t14-/m1/s1. The summed E-state index contributed by atoms with van der Waals surface area (Å²) < 4.78 is 44.3. The van der Waals surface area contributed by atoms with Crippen molar-refractivity contribution in [2.24, 2.45) is 0 Å². The molecule has 1 amide bonds. The largest absolute Gasteiger partial charge is 0.465 e. The quantitative estimate of drug-likeness (QED) is 0.375. The van der Waals surface area contributed by atoms with Gasteiger partial charge >= 0.3 is 6.09 Å². The average Bonchev–Trinajstić information content (AvgIpc) is 3.34. The molecule has 0 bridgehead atoms. The van der Waals surface area contributed by atoms with Gasteiger partial charge in [0.1, 0.15) is 20.5 Å². The molecule has 1 saturated heterocycles. The number of sulfonamides is 1. The van der Waals surface area contributed by atoms with Crippen LogP contribution in [0.25, 0.3) is 10.2 Å². The first kappa shape index (κ1) is 25.1. The van der Waals surface area contributed by atoms with Gasteiger partial charge in [-0.15, -0.1) is 0 Å². The summed E-state index contributed by atoms with van der Waals surface area (Å²) in [6.45, 7) is 5.58. The lowest BCUT2D eigenvalue weighted by Crippen LogP contribution is -2.52. The van der Waals surface area contributed by atoms with Crippen LogP contribution < -0.4 is 5.32 Å². The van der Waals surface area contributed by atoms with E-state index in [2.05, 4.69) is 10.3 Å². The molecule has 0 aliphatic carbocycles. The molecule has 3 aromatic rings. The number of benzene rings is 1. The van der Waals surface area contributed by atoms with Crippen molar-refractivity contribution in [3.63, 3.8) is 0 Å². The molecule has 0 unspecified atom stereocenters. The normalized spacial score (nSPS) is 17.3. The molecule has 182 valence electrons. The van der Waals surface area contributed by atoms with Crippen LogP contribution in [0.2, 0.25) is 0 Å². The average molecular weight is 618 g/mol. The third-order valence-electron chi connectivity index (χ3n) is 5.62. The number of pyridine rings is 1. The zero-order valence-corrected chi connectivity index (χ0v) is 22.5. The smallest absolute Gasteiger partial charge is 0.408 e. The number of hydrogen-bond donors (Lipinski definition) is 2. The van der Waals surface area contributed by atoms with Gasteiger partial charge in [0.2, 0.25) is 10.0 Å². The Morgan fingerprint density at radius 3 is 2.74 bits per heavy atom. The number of thiophene rings is 1. The Kier molecular flexibility index (Phi) is 6.79. The van der Waals surface area contributed by atoms with Gasteiger partial charge in [-0.2, -0.15) is 4.31 Å². The van der Waals surface area contributed by atoms with E-state index in [-0.39, 0.29) is 28.7 Å². The molecule has 0 saturated carbocycles. The predicted molar refractivity (Wildman–Crippen MR) is 139 cm³/mol. The molecule has 1 atom stereocenters. The first-order valence-electron chi connectivity index (χ1n) is 10.5. The highest BCUT2D eigenvalue weighted by Crippen LogP contribution is 2.42. The maximum Gasteiger partial charge on any atom is 0.408 e. The number of fused-ring (bicyclic) bond motifs is 1. The summed E-state index contributed by atoms with van der Waals surface area (Å²) in [5.74, 6) is -0.496. The van der Waals surface area contributed by atoms with Crippen molar-refractivity contribution >= 4 is 70.9 Å². The maximum atomic E-state index is 14.5. The summed E-state index contributed by atoms with van der Waals surface area (Å²) in [6.07, 6.45) is 0.876. The molecule has 2 aromatic heterocycles. The number of nitrogens with zero attached hydrogens (tertiary/aromatic N) is 3. The van der Waals surface area contributed by atoms with Crippen molar-refractivity contribution in [3.8, 4) is 0 Å². The predicted octanol–water partition coefficient (Wildman–Crippen LogP) is 5.33. The molecule has 1 fully saturated rings. The van der Waals surface area contributed by atoms with Crippen LogP contribution in [0.3, 0.4) is 0 Å². The van der Waals surface area contributed by atoms with E-state index in [9.17, 15) is 22.7 Å². The number of carboxylic acid groups (broad SMARTS) is 1. The van der Waals surface area contributed by atoms with Crippen molar-refractivity contribution < 1.29 is 22.7 Å². The number of halogens is 2. The summed E-state index contributed by atoms with van der Waals surface area (Å²) in [5, 5.41) is 13.4. The van der Waals surface area contributed by atoms with Crippen molar-refractivity contribution in [1.29, 1.82) is 0 Å². The molecule has 34 heavy (non-hydrogen) atoms. The van der Waals surface area contributed by atoms with Crippen LogP contribution in [-0.2, 0) is 10.0 Å². The molecular formula is C22H24FIN4O4S2. The van der Waals surface area contributed by atoms with E-state index in [0.29, 0.717) is 16.6 Å². The molecule has 12 heteroatoms. The Bertz CT molecular complexity index is 1360. The van der Waals surface area contributed by atoms with Gasteiger partial charge in [-0.05, 0) is 80.1 Å². The maximum absolute atomic E-state index is 14.5. The number of hydrogen-bond acceptors (Lipinski definition) is 6. The SMILES string of the molecule is CC(C)(C)N(C(=O)O)[C@@H]1CCN(S(=O)(=O)c2c(Nc3ccc(I)cc3F)sc3ncccc23)C1. The van der Waals surface area contributed by atoms with E-state index in [1.807, 2.05) is 22.6 Å². The number of amides is 1. The van der Waals surface area contributed by atoms with E-state index in [1.165, 1.54) is 15.3 Å². The summed E-state index contributed by atoms with van der Waals surface area (Å²) in [5.41, 5.74) is -0.517. The molecule has 1 aromatic carbocycles. The second-order valence-corrected chi connectivity index (χ2v) is 13.1. The van der Waals surface area contributed by atoms with Crippen LogP contribution in [0.5, 0.6) is 0 Å². The molecule has 0 radical (unpaired) electrons. The Morgan fingerprint density at radius 1 is 1.35 bits per heavy atom. The van der Waals surface area contributed by atoms with Crippen molar-refractivity contribution in [1.82, 2.24) is 14.2 Å². The third-order valence-corrected chi connectivity index (χ3v) is 9.40. The molecule has 8 nitrogen and oxygen atoms in total. The van der Waals surface area contributed by atoms with Gasteiger partial charge in [0.25, 0.3) is 0 Å². The molecule has 1 aliphatic heterocycles. The Hall–Kier alpha value is -2.03. The summed E-state index contributed by atoms with van der Waals surface area (Å²) >= 11 is 3.14. The second-order valence-electron chi connectivity index (χ2n) is 8.99. The van der Waals surface area contributed by atoms with E-state index in [0.717, 1.165) is 14.9 Å². The van der Waals surface area contributed by atoms with Gasteiger partial charge in [-0.25, -0.2) is 22.6 Å². The first-order valence-corrected chi connectivity index (χ1v) is 13.8. The minimum Gasteiger partial charge on any atom is -0.465 e. The van der Waals surface area contributed by atoms with Crippen LogP contribution in [0, 0.1) is 9.39 Å². The summed E-state index contributed by atoms with van der Waals surface area (Å²) in [7, 11) is -4.03. The highest BCUT2D eigenvalue weighted by atomic mass is 127. The van der Waals surface area contributed by atoms with Crippen molar-refractivity contribution in [2.45, 2.75) is 43.7 Å². The Labute approximate surface area is 215 Å². The first-order chi connectivity index (χ1) is 15.9. The molecule has 3 heterocycles. The molecular weight excluding hydrogens is 594 g/mol. The number of aromatic nitrogens is 1. The van der Waals surface area contributed by atoms with Gasteiger partial charge in [0.15, 0.2) is 0 Å². The Balaban J connectivity index is 1.74. The number of anilines is 2.